The zero-order chi connectivity index (χ0) is 22.4. The van der Waals surface area contributed by atoms with Crippen molar-refractivity contribution in [3.63, 3.8) is 0 Å². The number of carbonyl (C=O) groups excluding carboxylic acids is 1. The highest BCUT2D eigenvalue weighted by Crippen LogP contribution is 2.25. The number of aromatic hydroxyl groups is 1. The summed E-state index contributed by atoms with van der Waals surface area (Å²) in [5, 5.41) is 13.6. The molecule has 0 aliphatic rings. The number of phenols is 1. The van der Waals surface area contributed by atoms with Gasteiger partial charge in [-0.3, -0.25) is 9.10 Å². The lowest BCUT2D eigenvalue weighted by atomic mass is 10.1. The van der Waals surface area contributed by atoms with Crippen LogP contribution in [-0.2, 0) is 14.8 Å². The first-order chi connectivity index (χ1) is 14.8. The number of phenolic OH excluding ortho intramolecular Hbond substituents is 1. The van der Waals surface area contributed by atoms with E-state index < -0.39 is 22.5 Å². The molecule has 3 aromatic carbocycles. The Morgan fingerprint density at radius 2 is 1.61 bits per heavy atom. The van der Waals surface area contributed by atoms with Crippen molar-refractivity contribution in [1.82, 2.24) is 5.43 Å². The number of hydrazone groups is 1. The predicted molar refractivity (Wildman–Crippen MR) is 121 cm³/mol. The van der Waals surface area contributed by atoms with E-state index in [-0.39, 0.29) is 10.6 Å². The molecule has 3 rings (SSSR count). The zero-order valence-electron chi connectivity index (χ0n) is 17.2. The van der Waals surface area contributed by atoms with E-state index in [0.29, 0.717) is 11.3 Å². The number of carbonyl (C=O) groups is 1. The first-order valence-corrected chi connectivity index (χ1v) is 11.0. The minimum atomic E-state index is -3.99. The Morgan fingerprint density at radius 1 is 1.00 bits per heavy atom. The average Bonchev–Trinajstić information content (AvgIpc) is 2.73. The Morgan fingerprint density at radius 3 is 2.26 bits per heavy atom. The number of rotatable bonds is 7. The molecule has 0 saturated carbocycles. The van der Waals surface area contributed by atoms with E-state index in [1.54, 1.807) is 48.5 Å². The second-order valence-corrected chi connectivity index (χ2v) is 8.88. The van der Waals surface area contributed by atoms with E-state index >= 15 is 0 Å². The largest absolute Gasteiger partial charge is 0.507 e. The normalized spacial score (nSPS) is 11.4. The predicted octanol–water partition coefficient (Wildman–Crippen LogP) is 3.35. The Labute approximate surface area is 181 Å². The molecule has 0 bridgehead atoms. The molecule has 0 radical (unpaired) electrons. The third-order valence-corrected chi connectivity index (χ3v) is 6.23. The van der Waals surface area contributed by atoms with Crippen molar-refractivity contribution in [3.8, 4) is 5.75 Å². The SMILES string of the molecule is Cc1cc(C)cc(N(CC(=O)N/N=C\c2ccccc2O)S(=O)(=O)c2ccccc2)c1. The molecular formula is C23H23N3O4S. The van der Waals surface area contributed by atoms with Crippen LogP contribution >= 0.6 is 0 Å². The second-order valence-electron chi connectivity index (χ2n) is 7.02. The topological polar surface area (TPSA) is 99.1 Å². The molecule has 8 heteroatoms. The van der Waals surface area contributed by atoms with Crippen molar-refractivity contribution in [2.75, 3.05) is 10.8 Å². The van der Waals surface area contributed by atoms with Gasteiger partial charge in [-0.25, -0.2) is 13.8 Å². The molecule has 0 aliphatic heterocycles. The van der Waals surface area contributed by atoms with Gasteiger partial charge in [-0.15, -0.1) is 0 Å². The molecule has 0 unspecified atom stereocenters. The van der Waals surface area contributed by atoms with Crippen LogP contribution in [0.3, 0.4) is 0 Å². The molecule has 160 valence electrons. The number of benzene rings is 3. The lowest BCUT2D eigenvalue weighted by Gasteiger charge is -2.24. The van der Waals surface area contributed by atoms with Gasteiger partial charge in [0.1, 0.15) is 12.3 Å². The van der Waals surface area contributed by atoms with Gasteiger partial charge in [-0.2, -0.15) is 5.10 Å². The highest BCUT2D eigenvalue weighted by Gasteiger charge is 2.27. The third-order valence-electron chi connectivity index (χ3n) is 4.44. The van der Waals surface area contributed by atoms with Gasteiger partial charge in [0.25, 0.3) is 15.9 Å². The fraction of sp³-hybridized carbons (Fsp3) is 0.130. The number of hydrogen-bond donors (Lipinski definition) is 2. The number of anilines is 1. The third kappa shape index (κ3) is 5.49. The molecule has 0 saturated heterocycles. The van der Waals surface area contributed by atoms with E-state index in [1.807, 2.05) is 19.9 Å². The van der Waals surface area contributed by atoms with Gasteiger partial charge in [0.2, 0.25) is 0 Å². The van der Waals surface area contributed by atoms with Crippen LogP contribution < -0.4 is 9.73 Å². The van der Waals surface area contributed by atoms with Crippen LogP contribution in [0.15, 0.2) is 82.8 Å². The quantitative estimate of drug-likeness (QED) is 0.437. The summed E-state index contributed by atoms with van der Waals surface area (Å²) in [5.74, 6) is -0.602. The summed E-state index contributed by atoms with van der Waals surface area (Å²) in [7, 11) is -3.99. The Hall–Kier alpha value is -3.65. The molecule has 0 atom stereocenters. The van der Waals surface area contributed by atoms with Gasteiger partial charge in [0.05, 0.1) is 16.8 Å². The number of aryl methyl sites for hydroxylation is 2. The summed E-state index contributed by atoms with van der Waals surface area (Å²) >= 11 is 0. The first-order valence-electron chi connectivity index (χ1n) is 9.53. The highest BCUT2D eigenvalue weighted by molar-refractivity contribution is 7.92. The summed E-state index contributed by atoms with van der Waals surface area (Å²) in [6, 6.07) is 19.8. The number of hydrogen-bond acceptors (Lipinski definition) is 5. The number of para-hydroxylation sites is 1. The van der Waals surface area contributed by atoms with Crippen LogP contribution in [-0.4, -0.2) is 32.2 Å². The highest BCUT2D eigenvalue weighted by atomic mass is 32.2. The summed E-state index contributed by atoms with van der Waals surface area (Å²) in [6.07, 6.45) is 1.29. The molecule has 7 nitrogen and oxygen atoms in total. The minimum Gasteiger partial charge on any atom is -0.507 e. The summed E-state index contributed by atoms with van der Waals surface area (Å²) in [4.78, 5) is 12.6. The second kappa shape index (κ2) is 9.44. The first kappa shape index (κ1) is 22.0. The molecule has 0 spiro atoms. The van der Waals surface area contributed by atoms with Crippen LogP contribution in [0.4, 0.5) is 5.69 Å². The monoisotopic (exact) mass is 437 g/mol. The zero-order valence-corrected chi connectivity index (χ0v) is 18.0. The maximum Gasteiger partial charge on any atom is 0.264 e. The van der Waals surface area contributed by atoms with Crippen molar-refractivity contribution in [2.45, 2.75) is 18.7 Å². The maximum atomic E-state index is 13.3. The van der Waals surface area contributed by atoms with Gasteiger partial charge >= 0.3 is 0 Å². The Balaban J connectivity index is 1.88. The summed E-state index contributed by atoms with van der Waals surface area (Å²) in [5.41, 5.74) is 4.89. The summed E-state index contributed by atoms with van der Waals surface area (Å²) < 4.78 is 27.7. The van der Waals surface area contributed by atoms with Crippen LogP contribution in [0.5, 0.6) is 5.75 Å². The molecule has 2 N–H and O–H groups in total. The van der Waals surface area contributed by atoms with Gasteiger partial charge in [0, 0.05) is 5.56 Å². The van der Waals surface area contributed by atoms with E-state index in [9.17, 15) is 18.3 Å². The van der Waals surface area contributed by atoms with E-state index in [2.05, 4.69) is 10.5 Å². The van der Waals surface area contributed by atoms with Gasteiger partial charge in [-0.1, -0.05) is 36.4 Å². The lowest BCUT2D eigenvalue weighted by molar-refractivity contribution is -0.119. The van der Waals surface area contributed by atoms with Crippen LogP contribution in [0.1, 0.15) is 16.7 Å². The smallest absolute Gasteiger partial charge is 0.264 e. The molecule has 0 aromatic heterocycles. The van der Waals surface area contributed by atoms with Gasteiger partial charge < -0.3 is 5.11 Å². The molecule has 0 aliphatic carbocycles. The van der Waals surface area contributed by atoms with Crippen molar-refractivity contribution in [3.05, 3.63) is 89.5 Å². The molecular weight excluding hydrogens is 414 g/mol. The molecule has 0 fully saturated rings. The van der Waals surface area contributed by atoms with Crippen LogP contribution in [0.2, 0.25) is 0 Å². The van der Waals surface area contributed by atoms with Crippen LogP contribution in [0.25, 0.3) is 0 Å². The minimum absolute atomic E-state index is 0.0176. The molecule has 3 aromatic rings. The average molecular weight is 438 g/mol. The van der Waals surface area contributed by atoms with E-state index in [0.717, 1.165) is 15.4 Å². The molecule has 0 heterocycles. The standard InChI is InChI=1S/C23H23N3O4S/c1-17-12-18(2)14-20(13-17)26(31(29,30)21-9-4-3-5-10-21)16-23(28)25-24-15-19-8-6-7-11-22(19)27/h3-15,27H,16H2,1-2H3,(H,25,28)/b24-15-. The van der Waals surface area contributed by atoms with Gasteiger partial charge in [-0.05, 0) is 61.4 Å². The summed E-state index contributed by atoms with van der Waals surface area (Å²) in [6.45, 7) is 3.26. The molecule has 1 amide bonds. The number of nitrogens with one attached hydrogen (secondary N) is 1. The van der Waals surface area contributed by atoms with Crippen molar-refractivity contribution >= 4 is 27.8 Å². The number of amides is 1. The van der Waals surface area contributed by atoms with Crippen molar-refractivity contribution < 1.29 is 18.3 Å². The molecule has 31 heavy (non-hydrogen) atoms. The van der Waals surface area contributed by atoms with Crippen molar-refractivity contribution in [2.24, 2.45) is 5.10 Å². The Kier molecular flexibility index (Phi) is 6.71. The van der Waals surface area contributed by atoms with Gasteiger partial charge in [0.15, 0.2) is 0 Å². The number of sulfonamides is 1. The maximum absolute atomic E-state index is 13.3. The lowest BCUT2D eigenvalue weighted by Crippen LogP contribution is -2.39. The fourth-order valence-corrected chi connectivity index (χ4v) is 4.49. The van der Waals surface area contributed by atoms with Crippen molar-refractivity contribution in [1.29, 1.82) is 0 Å². The van der Waals surface area contributed by atoms with Crippen LogP contribution in [0, 0.1) is 13.8 Å². The fourth-order valence-electron chi connectivity index (χ4n) is 3.07. The van der Waals surface area contributed by atoms with E-state index in [4.69, 9.17) is 0 Å². The number of nitrogens with zero attached hydrogens (tertiary/aromatic N) is 2. The van der Waals surface area contributed by atoms with E-state index in [1.165, 1.54) is 24.4 Å². The Bertz CT molecular complexity index is 1190.